The Hall–Kier alpha value is -0.740. The van der Waals surface area contributed by atoms with E-state index in [1.54, 1.807) is 0 Å². The van der Waals surface area contributed by atoms with Crippen LogP contribution in [0.2, 0.25) is 5.15 Å². The van der Waals surface area contributed by atoms with Crippen LogP contribution in [0.3, 0.4) is 0 Å². The molecule has 1 heterocycles. The van der Waals surface area contributed by atoms with Crippen LogP contribution in [0.1, 0.15) is 5.56 Å². The van der Waals surface area contributed by atoms with Gasteiger partial charge in [0.1, 0.15) is 5.15 Å². The maximum absolute atomic E-state index is 8.92. The fourth-order valence-corrected chi connectivity index (χ4v) is 1.97. The number of hydrogen-bond donors (Lipinski definition) is 3. The highest BCUT2D eigenvalue weighted by atomic mass is 35.5. The van der Waals surface area contributed by atoms with Crippen molar-refractivity contribution in [3.63, 3.8) is 0 Å². The summed E-state index contributed by atoms with van der Waals surface area (Å²) in [4.78, 5) is 3.08. The van der Waals surface area contributed by atoms with E-state index in [1.807, 2.05) is 24.3 Å². The highest BCUT2D eigenvalue weighted by Crippen LogP contribution is 2.26. The first-order chi connectivity index (χ1) is 7.22. The van der Waals surface area contributed by atoms with Crippen LogP contribution in [0.4, 0.5) is 0 Å². The fourth-order valence-electron chi connectivity index (χ4n) is 1.69. The second-order valence-corrected chi connectivity index (χ2v) is 3.99. The molecule has 1 aromatic carbocycles. The van der Waals surface area contributed by atoms with Crippen LogP contribution >= 0.6 is 24.0 Å². The number of fused-ring (bicyclic) bond motifs is 1. The first-order valence-corrected chi connectivity index (χ1v) is 5.21. The van der Waals surface area contributed by atoms with Crippen molar-refractivity contribution in [2.45, 2.75) is 12.5 Å². The van der Waals surface area contributed by atoms with E-state index in [-0.39, 0.29) is 25.1 Å². The van der Waals surface area contributed by atoms with E-state index in [9.17, 15) is 0 Å². The van der Waals surface area contributed by atoms with Gasteiger partial charge in [0.25, 0.3) is 0 Å². The van der Waals surface area contributed by atoms with Gasteiger partial charge in [-0.05, 0) is 18.1 Å². The van der Waals surface area contributed by atoms with Gasteiger partial charge in [-0.25, -0.2) is 0 Å². The van der Waals surface area contributed by atoms with Crippen LogP contribution in [0.5, 0.6) is 0 Å². The summed E-state index contributed by atoms with van der Waals surface area (Å²) in [6.07, 6.45) is 0.583. The Kier molecular flexibility index (Phi) is 4.62. The third kappa shape index (κ3) is 2.50. The molecule has 88 valence electrons. The summed E-state index contributed by atoms with van der Waals surface area (Å²) in [5, 5.41) is 10.6. The number of hydrogen-bond acceptors (Lipinski definition) is 2. The molecule has 5 heteroatoms. The molecule has 0 saturated heterocycles. The van der Waals surface area contributed by atoms with Crippen molar-refractivity contribution < 1.29 is 5.11 Å². The van der Waals surface area contributed by atoms with Crippen molar-refractivity contribution >= 4 is 34.9 Å². The van der Waals surface area contributed by atoms with Crippen molar-refractivity contribution in [3.8, 4) is 0 Å². The molecular weight excluding hydrogens is 247 g/mol. The Bertz CT molecular complexity index is 470. The van der Waals surface area contributed by atoms with Crippen molar-refractivity contribution in [2.75, 3.05) is 6.61 Å². The number of aromatic nitrogens is 1. The highest BCUT2D eigenvalue weighted by molar-refractivity contribution is 6.31. The summed E-state index contributed by atoms with van der Waals surface area (Å²) in [5.41, 5.74) is 7.68. The van der Waals surface area contributed by atoms with Gasteiger partial charge in [-0.3, -0.25) is 0 Å². The maximum Gasteiger partial charge on any atom is 0.110 e. The zero-order valence-corrected chi connectivity index (χ0v) is 10.2. The van der Waals surface area contributed by atoms with Crippen molar-refractivity contribution in [1.29, 1.82) is 0 Å². The Morgan fingerprint density at radius 1 is 1.38 bits per heavy atom. The number of para-hydroxylation sites is 1. The van der Waals surface area contributed by atoms with Crippen LogP contribution in [0.25, 0.3) is 10.9 Å². The van der Waals surface area contributed by atoms with Gasteiger partial charge in [-0.15, -0.1) is 12.4 Å². The SMILES string of the molecule is Cl.NC(CO)Cc1c(Cl)[nH]c2ccccc12. The normalized spacial score (nSPS) is 12.4. The highest BCUT2D eigenvalue weighted by Gasteiger charge is 2.12. The maximum atomic E-state index is 8.92. The molecule has 0 aliphatic carbocycles. The van der Waals surface area contributed by atoms with E-state index in [0.29, 0.717) is 11.6 Å². The second kappa shape index (κ2) is 5.55. The van der Waals surface area contributed by atoms with Crippen LogP contribution in [0.15, 0.2) is 24.3 Å². The summed E-state index contributed by atoms with van der Waals surface area (Å²) in [6, 6.07) is 7.61. The third-order valence-corrected chi connectivity index (χ3v) is 2.78. The minimum absolute atomic E-state index is 0. The lowest BCUT2D eigenvalue weighted by Gasteiger charge is -2.07. The molecule has 0 bridgehead atoms. The van der Waals surface area contributed by atoms with E-state index < -0.39 is 0 Å². The molecule has 0 fully saturated rings. The van der Waals surface area contributed by atoms with Crippen molar-refractivity contribution in [1.82, 2.24) is 4.98 Å². The van der Waals surface area contributed by atoms with Gasteiger partial charge in [0, 0.05) is 16.9 Å². The fraction of sp³-hybridized carbons (Fsp3) is 0.273. The first-order valence-electron chi connectivity index (χ1n) is 4.84. The molecule has 4 N–H and O–H groups in total. The molecule has 0 spiro atoms. The van der Waals surface area contributed by atoms with E-state index in [1.165, 1.54) is 0 Å². The topological polar surface area (TPSA) is 62.0 Å². The average molecular weight is 261 g/mol. The van der Waals surface area contributed by atoms with E-state index in [2.05, 4.69) is 4.98 Å². The molecule has 0 saturated carbocycles. The Morgan fingerprint density at radius 2 is 2.06 bits per heavy atom. The van der Waals surface area contributed by atoms with Crippen LogP contribution in [-0.2, 0) is 6.42 Å². The molecule has 1 unspecified atom stereocenters. The Labute approximate surface area is 105 Å². The number of nitrogens with one attached hydrogen (secondary N) is 1. The van der Waals surface area contributed by atoms with Gasteiger partial charge >= 0.3 is 0 Å². The predicted octanol–water partition coefficient (Wildman–Crippen LogP) is 2.11. The molecule has 3 nitrogen and oxygen atoms in total. The molecule has 2 aromatic rings. The average Bonchev–Trinajstić information content (AvgIpc) is 2.55. The minimum Gasteiger partial charge on any atom is -0.395 e. The Balaban J connectivity index is 0.00000128. The van der Waals surface area contributed by atoms with Gasteiger partial charge in [0.05, 0.1) is 6.61 Å². The van der Waals surface area contributed by atoms with E-state index in [0.717, 1.165) is 16.5 Å². The second-order valence-electron chi connectivity index (χ2n) is 3.61. The lowest BCUT2D eigenvalue weighted by molar-refractivity contribution is 0.265. The number of H-pyrrole nitrogens is 1. The minimum atomic E-state index is -0.262. The Morgan fingerprint density at radius 3 is 2.75 bits per heavy atom. The first kappa shape index (κ1) is 13.3. The number of nitrogens with two attached hydrogens (primary N) is 1. The number of rotatable bonds is 3. The summed E-state index contributed by atoms with van der Waals surface area (Å²) in [6.45, 7) is -0.0319. The molecule has 0 aliphatic rings. The molecule has 0 amide bonds. The summed E-state index contributed by atoms with van der Waals surface area (Å²) in [5.74, 6) is 0. The van der Waals surface area contributed by atoms with Crippen molar-refractivity contribution in [2.24, 2.45) is 5.73 Å². The van der Waals surface area contributed by atoms with Crippen LogP contribution in [-0.4, -0.2) is 22.7 Å². The molecular formula is C11H14Cl2N2O. The molecule has 0 radical (unpaired) electrons. The van der Waals surface area contributed by atoms with Gasteiger partial charge in [-0.2, -0.15) is 0 Å². The van der Waals surface area contributed by atoms with Crippen LogP contribution < -0.4 is 5.73 Å². The monoisotopic (exact) mass is 260 g/mol. The van der Waals surface area contributed by atoms with Gasteiger partial charge in [0.15, 0.2) is 0 Å². The van der Waals surface area contributed by atoms with Crippen LogP contribution in [0, 0.1) is 0 Å². The zero-order chi connectivity index (χ0) is 10.8. The zero-order valence-electron chi connectivity index (χ0n) is 8.61. The number of aromatic amines is 1. The number of aliphatic hydroxyl groups excluding tert-OH is 1. The number of benzene rings is 1. The molecule has 0 aliphatic heterocycles. The van der Waals surface area contributed by atoms with Crippen molar-refractivity contribution in [3.05, 3.63) is 35.0 Å². The largest absolute Gasteiger partial charge is 0.395 e. The smallest absolute Gasteiger partial charge is 0.110 e. The van der Waals surface area contributed by atoms with Gasteiger partial charge in [-0.1, -0.05) is 29.8 Å². The molecule has 1 atom stereocenters. The number of aliphatic hydroxyl groups is 1. The quantitative estimate of drug-likeness (QED) is 0.792. The standard InChI is InChI=1S/C11H13ClN2O.ClH/c12-11-9(5-7(13)6-15)8-3-1-2-4-10(8)14-11;/h1-4,7,14-15H,5-6,13H2;1H. The van der Waals surface area contributed by atoms with E-state index >= 15 is 0 Å². The summed E-state index contributed by atoms with van der Waals surface area (Å²) >= 11 is 6.08. The third-order valence-electron chi connectivity index (χ3n) is 2.46. The molecule has 2 rings (SSSR count). The summed E-state index contributed by atoms with van der Waals surface area (Å²) < 4.78 is 0. The molecule has 16 heavy (non-hydrogen) atoms. The van der Waals surface area contributed by atoms with Gasteiger partial charge < -0.3 is 15.8 Å². The number of halogens is 2. The predicted molar refractivity (Wildman–Crippen MR) is 69.3 cm³/mol. The summed E-state index contributed by atoms with van der Waals surface area (Å²) in [7, 11) is 0. The molecule has 1 aromatic heterocycles. The lowest BCUT2D eigenvalue weighted by atomic mass is 10.1. The van der Waals surface area contributed by atoms with Gasteiger partial charge in [0.2, 0.25) is 0 Å². The lowest BCUT2D eigenvalue weighted by Crippen LogP contribution is -2.26. The van der Waals surface area contributed by atoms with E-state index in [4.69, 9.17) is 22.4 Å².